The lowest BCUT2D eigenvalue weighted by atomic mass is 10.2. The number of hydrogen-bond acceptors (Lipinski definition) is 6. The minimum absolute atomic E-state index is 0.0852. The fourth-order valence-electron chi connectivity index (χ4n) is 4.14. The summed E-state index contributed by atoms with van der Waals surface area (Å²) in [5, 5.41) is 2.94. The molecule has 0 bridgehead atoms. The molecule has 1 saturated carbocycles. The molecule has 2 aromatic heterocycles. The lowest BCUT2D eigenvalue weighted by Crippen LogP contribution is -2.23. The number of hydrogen-bond donors (Lipinski definition) is 1. The van der Waals surface area contributed by atoms with Crippen molar-refractivity contribution in [1.82, 2.24) is 24.2 Å². The number of aromatic nitrogens is 3. The summed E-state index contributed by atoms with van der Waals surface area (Å²) in [6, 6.07) is 8.64. The van der Waals surface area contributed by atoms with Gasteiger partial charge in [-0.15, -0.1) is 0 Å². The molecule has 9 nitrogen and oxygen atoms in total. The maximum atomic E-state index is 12.5. The molecule has 10 heteroatoms. The topological polar surface area (TPSA) is 106 Å². The molecule has 182 valence electrons. The van der Waals surface area contributed by atoms with Crippen molar-refractivity contribution < 1.29 is 17.9 Å². The van der Waals surface area contributed by atoms with Gasteiger partial charge in [-0.3, -0.25) is 4.79 Å². The molecule has 3 aromatic rings. The van der Waals surface area contributed by atoms with Gasteiger partial charge in [0.1, 0.15) is 11.9 Å². The first kappa shape index (κ1) is 24.2. The molecule has 0 aliphatic heterocycles. The number of nitrogens with zero attached hydrogens (tertiary/aromatic N) is 4. The number of rotatable bonds is 9. The number of sulfonamides is 1. The number of carbonyl (C=O) groups is 1. The molecule has 34 heavy (non-hydrogen) atoms. The Bertz CT molecular complexity index is 1280. The largest absolute Gasteiger partial charge is 0.474 e. The number of pyridine rings is 1. The fourth-order valence-corrected chi connectivity index (χ4v) is 5.06. The van der Waals surface area contributed by atoms with Crippen molar-refractivity contribution in [2.45, 2.75) is 56.1 Å². The Balaban J connectivity index is 1.34. The van der Waals surface area contributed by atoms with E-state index in [1.807, 2.05) is 23.7 Å². The van der Waals surface area contributed by atoms with Crippen molar-refractivity contribution in [3.8, 4) is 5.88 Å². The third-order valence-electron chi connectivity index (χ3n) is 6.18. The van der Waals surface area contributed by atoms with Gasteiger partial charge in [0.15, 0.2) is 0 Å². The normalized spacial score (nSPS) is 14.7. The summed E-state index contributed by atoms with van der Waals surface area (Å²) in [5.41, 5.74) is 2.35. The van der Waals surface area contributed by atoms with Gasteiger partial charge in [-0.05, 0) is 55.5 Å². The molecular formula is C24H31N5O4S. The Morgan fingerprint density at radius 2 is 1.97 bits per heavy atom. The first-order valence-corrected chi connectivity index (χ1v) is 12.9. The quantitative estimate of drug-likeness (QED) is 0.500. The SMILES string of the molecule is CN(C)S(=O)(=O)c1ccc2c(c1)nc(CCC(=O)NCc1ccnc(OC3CCCC3)c1)n2C. The van der Waals surface area contributed by atoms with E-state index < -0.39 is 10.0 Å². The van der Waals surface area contributed by atoms with Crippen LogP contribution < -0.4 is 10.1 Å². The van der Waals surface area contributed by atoms with E-state index in [0.29, 0.717) is 24.4 Å². The zero-order chi connectivity index (χ0) is 24.3. The van der Waals surface area contributed by atoms with Gasteiger partial charge in [0.05, 0.1) is 15.9 Å². The predicted octanol–water partition coefficient (Wildman–Crippen LogP) is 2.79. The van der Waals surface area contributed by atoms with Crippen LogP contribution in [0.25, 0.3) is 11.0 Å². The van der Waals surface area contributed by atoms with Crippen LogP contribution in [0.5, 0.6) is 5.88 Å². The van der Waals surface area contributed by atoms with E-state index in [1.165, 1.54) is 31.2 Å². The molecule has 1 aliphatic carbocycles. The zero-order valence-corrected chi connectivity index (χ0v) is 20.6. The van der Waals surface area contributed by atoms with Crippen molar-refractivity contribution in [3.05, 3.63) is 47.9 Å². The van der Waals surface area contributed by atoms with E-state index in [9.17, 15) is 13.2 Å². The van der Waals surface area contributed by atoms with Gasteiger partial charge >= 0.3 is 0 Å². The monoisotopic (exact) mass is 485 g/mol. The van der Waals surface area contributed by atoms with Crippen LogP contribution in [-0.2, 0) is 34.8 Å². The number of aryl methyl sites for hydroxylation is 2. The van der Waals surface area contributed by atoms with E-state index in [1.54, 1.807) is 24.4 Å². The highest BCUT2D eigenvalue weighted by Crippen LogP contribution is 2.24. The van der Waals surface area contributed by atoms with E-state index in [0.717, 1.165) is 29.7 Å². The van der Waals surface area contributed by atoms with Gasteiger partial charge in [-0.2, -0.15) is 0 Å². The molecule has 0 saturated heterocycles. The van der Waals surface area contributed by atoms with Gasteiger partial charge in [0, 0.05) is 52.8 Å². The third-order valence-corrected chi connectivity index (χ3v) is 7.99. The number of fused-ring (bicyclic) bond motifs is 1. The summed E-state index contributed by atoms with van der Waals surface area (Å²) in [4.78, 5) is 21.5. The van der Waals surface area contributed by atoms with Crippen molar-refractivity contribution in [1.29, 1.82) is 0 Å². The molecule has 1 aromatic carbocycles. The summed E-state index contributed by atoms with van der Waals surface area (Å²) >= 11 is 0. The molecule has 1 amide bonds. The fraction of sp³-hybridized carbons (Fsp3) is 0.458. The number of nitrogens with one attached hydrogen (secondary N) is 1. The van der Waals surface area contributed by atoms with Crippen molar-refractivity contribution in [3.63, 3.8) is 0 Å². The van der Waals surface area contributed by atoms with E-state index >= 15 is 0 Å². The van der Waals surface area contributed by atoms with Crippen LogP contribution in [0.1, 0.15) is 43.5 Å². The van der Waals surface area contributed by atoms with Crippen LogP contribution in [0.4, 0.5) is 0 Å². The van der Waals surface area contributed by atoms with Crippen molar-refractivity contribution >= 4 is 27.0 Å². The van der Waals surface area contributed by atoms with Crippen LogP contribution in [0.3, 0.4) is 0 Å². The lowest BCUT2D eigenvalue weighted by molar-refractivity contribution is -0.121. The van der Waals surface area contributed by atoms with Crippen molar-refractivity contribution in [2.24, 2.45) is 7.05 Å². The van der Waals surface area contributed by atoms with Crippen LogP contribution >= 0.6 is 0 Å². The molecule has 1 aliphatic rings. The van der Waals surface area contributed by atoms with Gasteiger partial charge < -0.3 is 14.6 Å². The number of carbonyl (C=O) groups excluding carboxylic acids is 1. The second kappa shape index (κ2) is 10.1. The maximum absolute atomic E-state index is 12.5. The first-order valence-electron chi connectivity index (χ1n) is 11.5. The molecule has 1 fully saturated rings. The van der Waals surface area contributed by atoms with Crippen LogP contribution in [-0.4, -0.2) is 53.4 Å². The van der Waals surface area contributed by atoms with Crippen LogP contribution in [0.2, 0.25) is 0 Å². The Hall–Kier alpha value is -2.98. The third kappa shape index (κ3) is 5.39. The predicted molar refractivity (Wildman–Crippen MR) is 129 cm³/mol. The second-order valence-electron chi connectivity index (χ2n) is 8.83. The molecular weight excluding hydrogens is 454 g/mol. The summed E-state index contributed by atoms with van der Waals surface area (Å²) in [6.45, 7) is 0.399. The van der Waals surface area contributed by atoms with Gasteiger partial charge in [-0.25, -0.2) is 22.7 Å². The Labute approximate surface area is 200 Å². The second-order valence-corrected chi connectivity index (χ2v) is 11.0. The highest BCUT2D eigenvalue weighted by atomic mass is 32.2. The van der Waals surface area contributed by atoms with Crippen LogP contribution in [0, 0.1) is 0 Å². The number of ether oxygens (including phenoxy) is 1. The Kier molecular flexibility index (Phi) is 7.18. The number of benzene rings is 1. The highest BCUT2D eigenvalue weighted by molar-refractivity contribution is 7.89. The number of imidazole rings is 1. The maximum Gasteiger partial charge on any atom is 0.242 e. The summed E-state index contributed by atoms with van der Waals surface area (Å²) in [7, 11) is 1.33. The minimum Gasteiger partial charge on any atom is -0.474 e. The van der Waals surface area contributed by atoms with E-state index in [-0.39, 0.29) is 23.3 Å². The highest BCUT2D eigenvalue weighted by Gasteiger charge is 2.20. The van der Waals surface area contributed by atoms with Gasteiger partial charge in [-0.1, -0.05) is 0 Å². The van der Waals surface area contributed by atoms with Crippen LogP contribution in [0.15, 0.2) is 41.4 Å². The smallest absolute Gasteiger partial charge is 0.242 e. The lowest BCUT2D eigenvalue weighted by Gasteiger charge is -2.13. The van der Waals surface area contributed by atoms with E-state index in [2.05, 4.69) is 15.3 Å². The first-order chi connectivity index (χ1) is 16.2. The number of amides is 1. The summed E-state index contributed by atoms with van der Waals surface area (Å²) in [6.07, 6.45) is 7.19. The van der Waals surface area contributed by atoms with Crippen molar-refractivity contribution in [2.75, 3.05) is 14.1 Å². The molecule has 1 N–H and O–H groups in total. The molecule has 2 heterocycles. The molecule has 0 unspecified atom stereocenters. The molecule has 0 radical (unpaired) electrons. The average molecular weight is 486 g/mol. The molecule has 0 spiro atoms. The summed E-state index contributed by atoms with van der Waals surface area (Å²) in [5.74, 6) is 1.24. The Morgan fingerprint density at radius 1 is 1.21 bits per heavy atom. The summed E-state index contributed by atoms with van der Waals surface area (Å²) < 4.78 is 33.8. The average Bonchev–Trinajstić information content (AvgIpc) is 3.43. The standard InChI is InChI=1S/C24H31N5O4S/c1-28(2)34(31,32)19-8-9-21-20(15-19)27-22(29(21)3)10-11-23(30)26-16-17-12-13-25-24(14-17)33-18-6-4-5-7-18/h8-9,12-15,18H,4-7,10-11,16H2,1-3H3,(H,26,30). The molecule has 0 atom stereocenters. The zero-order valence-electron chi connectivity index (χ0n) is 19.8. The van der Waals surface area contributed by atoms with Gasteiger partial charge in [0.2, 0.25) is 21.8 Å². The van der Waals surface area contributed by atoms with E-state index in [4.69, 9.17) is 4.74 Å². The minimum atomic E-state index is -3.53. The molecule has 4 rings (SSSR count). The Morgan fingerprint density at radius 3 is 2.71 bits per heavy atom. The van der Waals surface area contributed by atoms with Gasteiger partial charge in [0.25, 0.3) is 0 Å².